The normalized spacial score (nSPS) is 17.3. The van der Waals surface area contributed by atoms with Gasteiger partial charge in [-0.2, -0.15) is 5.10 Å². The number of amides is 1. The summed E-state index contributed by atoms with van der Waals surface area (Å²) < 4.78 is 12.2. The quantitative estimate of drug-likeness (QED) is 0.685. The molecule has 0 N–H and O–H groups in total. The number of rotatable bonds is 4. The Hall–Kier alpha value is -3.07. The summed E-state index contributed by atoms with van der Waals surface area (Å²) in [6, 6.07) is 3.93. The molecule has 4 heterocycles. The molecule has 0 spiro atoms. The molecule has 9 heteroatoms. The van der Waals surface area contributed by atoms with Crippen LogP contribution in [0.1, 0.15) is 23.2 Å². The molecule has 3 aromatic heterocycles. The molecule has 1 aliphatic rings. The lowest BCUT2D eigenvalue weighted by molar-refractivity contribution is -0.138. The first-order chi connectivity index (χ1) is 13.1. The zero-order valence-electron chi connectivity index (χ0n) is 15.2. The third-order valence-electron chi connectivity index (χ3n) is 4.64. The van der Waals surface area contributed by atoms with Crippen LogP contribution in [0.25, 0.3) is 11.1 Å². The van der Waals surface area contributed by atoms with Crippen LogP contribution < -0.4 is 0 Å². The van der Waals surface area contributed by atoms with Gasteiger partial charge in [0.1, 0.15) is 17.5 Å². The summed E-state index contributed by atoms with van der Waals surface area (Å²) >= 11 is 0. The van der Waals surface area contributed by atoms with E-state index in [9.17, 15) is 4.79 Å². The zero-order valence-corrected chi connectivity index (χ0v) is 15.2. The van der Waals surface area contributed by atoms with E-state index in [0.29, 0.717) is 31.1 Å². The molecule has 1 atom stereocenters. The van der Waals surface area contributed by atoms with E-state index in [2.05, 4.69) is 25.0 Å². The van der Waals surface area contributed by atoms with Crippen LogP contribution in [-0.2, 0) is 23.0 Å². The van der Waals surface area contributed by atoms with Crippen molar-refractivity contribution in [1.82, 2.24) is 30.0 Å². The van der Waals surface area contributed by atoms with E-state index in [1.807, 2.05) is 25.4 Å². The molecular formula is C18H20N6O3. The van der Waals surface area contributed by atoms with Crippen molar-refractivity contribution in [2.24, 2.45) is 7.05 Å². The van der Waals surface area contributed by atoms with Gasteiger partial charge in [0.05, 0.1) is 31.5 Å². The Balaban J connectivity index is 1.43. The van der Waals surface area contributed by atoms with Gasteiger partial charge in [-0.1, -0.05) is 16.4 Å². The topological polar surface area (TPSA) is 99.2 Å². The van der Waals surface area contributed by atoms with E-state index in [1.54, 1.807) is 28.9 Å². The van der Waals surface area contributed by atoms with Gasteiger partial charge in [-0.05, 0) is 13.0 Å². The molecule has 1 fully saturated rings. The highest BCUT2D eigenvalue weighted by Crippen LogP contribution is 2.24. The summed E-state index contributed by atoms with van der Waals surface area (Å²) in [6.45, 7) is 3.25. The summed E-state index contributed by atoms with van der Waals surface area (Å²) in [5.74, 6) is -0.0194. The fraction of sp³-hybridized carbons (Fsp3) is 0.389. The molecule has 0 saturated carbocycles. The highest BCUT2D eigenvalue weighted by molar-refractivity contribution is 5.78. The van der Waals surface area contributed by atoms with Gasteiger partial charge in [-0.25, -0.2) is 4.63 Å². The predicted molar refractivity (Wildman–Crippen MR) is 94.5 cm³/mol. The molecule has 27 heavy (non-hydrogen) atoms. The summed E-state index contributed by atoms with van der Waals surface area (Å²) in [5.41, 5.74) is 4.02. The van der Waals surface area contributed by atoms with Gasteiger partial charge in [0.2, 0.25) is 5.91 Å². The van der Waals surface area contributed by atoms with Crippen molar-refractivity contribution < 1.29 is 14.2 Å². The average Bonchev–Trinajstić information content (AvgIpc) is 3.30. The SMILES string of the molecule is Cc1nonc1CC(=O)N1CCO[C@H](c2ccc(-c3cnn(C)c3)cn2)C1. The average molecular weight is 368 g/mol. The number of carbonyl (C=O) groups is 1. The van der Waals surface area contributed by atoms with Crippen LogP contribution in [0.3, 0.4) is 0 Å². The van der Waals surface area contributed by atoms with Crippen LogP contribution in [0, 0.1) is 6.92 Å². The molecule has 0 radical (unpaired) electrons. The van der Waals surface area contributed by atoms with Crippen LogP contribution in [0.4, 0.5) is 0 Å². The van der Waals surface area contributed by atoms with Crippen LogP contribution in [-0.4, -0.2) is 55.6 Å². The second-order valence-corrected chi connectivity index (χ2v) is 6.55. The minimum Gasteiger partial charge on any atom is -0.368 e. The minimum atomic E-state index is -0.248. The largest absolute Gasteiger partial charge is 0.368 e. The maximum Gasteiger partial charge on any atom is 0.228 e. The molecule has 0 aliphatic carbocycles. The maximum atomic E-state index is 12.6. The molecule has 140 valence electrons. The summed E-state index contributed by atoms with van der Waals surface area (Å²) in [5, 5.41) is 11.7. The number of nitrogens with zero attached hydrogens (tertiary/aromatic N) is 6. The Bertz CT molecular complexity index is 933. The fourth-order valence-corrected chi connectivity index (χ4v) is 3.06. The number of aromatic nitrogens is 5. The van der Waals surface area contributed by atoms with E-state index in [0.717, 1.165) is 16.8 Å². The smallest absolute Gasteiger partial charge is 0.228 e. The van der Waals surface area contributed by atoms with Crippen LogP contribution >= 0.6 is 0 Å². The molecule has 3 aromatic rings. The molecular weight excluding hydrogens is 348 g/mol. The molecule has 1 amide bonds. The molecule has 0 unspecified atom stereocenters. The second kappa shape index (κ2) is 7.28. The van der Waals surface area contributed by atoms with Crippen LogP contribution in [0.5, 0.6) is 0 Å². The third-order valence-corrected chi connectivity index (χ3v) is 4.64. The van der Waals surface area contributed by atoms with Gasteiger partial charge in [0.15, 0.2) is 0 Å². The predicted octanol–water partition coefficient (Wildman–Crippen LogP) is 1.32. The third kappa shape index (κ3) is 3.72. The van der Waals surface area contributed by atoms with E-state index in [1.165, 1.54) is 0 Å². The Labute approximate surface area is 155 Å². The van der Waals surface area contributed by atoms with Gasteiger partial charge in [0.25, 0.3) is 0 Å². The molecule has 4 rings (SSSR count). The minimum absolute atomic E-state index is 0.0194. The Kier molecular flexibility index (Phi) is 4.68. The Morgan fingerprint density at radius 3 is 2.81 bits per heavy atom. The van der Waals surface area contributed by atoms with Crippen molar-refractivity contribution in [3.05, 3.63) is 47.8 Å². The van der Waals surface area contributed by atoms with Gasteiger partial charge < -0.3 is 9.64 Å². The van der Waals surface area contributed by atoms with Gasteiger partial charge in [-0.3, -0.25) is 14.5 Å². The van der Waals surface area contributed by atoms with Crippen molar-refractivity contribution in [1.29, 1.82) is 0 Å². The van der Waals surface area contributed by atoms with Crippen molar-refractivity contribution in [3.63, 3.8) is 0 Å². The first-order valence-electron chi connectivity index (χ1n) is 8.72. The number of morpholine rings is 1. The lowest BCUT2D eigenvalue weighted by Crippen LogP contribution is -2.43. The van der Waals surface area contributed by atoms with E-state index >= 15 is 0 Å². The number of hydrogen-bond acceptors (Lipinski definition) is 7. The zero-order chi connectivity index (χ0) is 18.8. The molecule has 0 bridgehead atoms. The lowest BCUT2D eigenvalue weighted by atomic mass is 10.1. The van der Waals surface area contributed by atoms with Crippen molar-refractivity contribution in [3.8, 4) is 11.1 Å². The first kappa shape index (κ1) is 17.3. The summed E-state index contributed by atoms with van der Waals surface area (Å²) in [4.78, 5) is 18.9. The number of carbonyl (C=O) groups excluding carboxylic acids is 1. The first-order valence-corrected chi connectivity index (χ1v) is 8.72. The molecule has 0 aromatic carbocycles. The van der Waals surface area contributed by atoms with Crippen molar-refractivity contribution >= 4 is 5.91 Å². The Morgan fingerprint density at radius 2 is 2.15 bits per heavy atom. The van der Waals surface area contributed by atoms with Crippen molar-refractivity contribution in [2.75, 3.05) is 19.7 Å². The van der Waals surface area contributed by atoms with Gasteiger partial charge in [-0.15, -0.1) is 0 Å². The van der Waals surface area contributed by atoms with E-state index < -0.39 is 0 Å². The number of pyridine rings is 1. The van der Waals surface area contributed by atoms with Gasteiger partial charge >= 0.3 is 0 Å². The van der Waals surface area contributed by atoms with E-state index in [4.69, 9.17) is 4.74 Å². The lowest BCUT2D eigenvalue weighted by Gasteiger charge is -2.32. The molecule has 1 saturated heterocycles. The fourth-order valence-electron chi connectivity index (χ4n) is 3.06. The summed E-state index contributed by atoms with van der Waals surface area (Å²) in [6.07, 6.45) is 5.47. The monoisotopic (exact) mass is 368 g/mol. The number of aryl methyl sites for hydroxylation is 2. The Morgan fingerprint density at radius 1 is 1.26 bits per heavy atom. The molecule has 1 aliphatic heterocycles. The van der Waals surface area contributed by atoms with E-state index in [-0.39, 0.29) is 18.4 Å². The highest BCUT2D eigenvalue weighted by atomic mass is 16.6. The number of ether oxygens (including phenoxy) is 1. The van der Waals surface area contributed by atoms with Crippen LogP contribution in [0.2, 0.25) is 0 Å². The maximum absolute atomic E-state index is 12.6. The summed E-state index contributed by atoms with van der Waals surface area (Å²) in [7, 11) is 1.88. The van der Waals surface area contributed by atoms with Gasteiger partial charge in [0, 0.05) is 37.1 Å². The van der Waals surface area contributed by atoms with Crippen LogP contribution in [0.15, 0.2) is 35.4 Å². The second-order valence-electron chi connectivity index (χ2n) is 6.55. The highest BCUT2D eigenvalue weighted by Gasteiger charge is 2.27. The molecule has 9 nitrogen and oxygen atoms in total. The van der Waals surface area contributed by atoms with Crippen molar-refractivity contribution in [2.45, 2.75) is 19.4 Å². The number of hydrogen-bond donors (Lipinski definition) is 0. The standard InChI is InChI=1S/C18H20N6O3/c1-12-16(22-27-21-12)7-18(25)24-5-6-26-17(11-24)15-4-3-13(8-19-15)14-9-20-23(2)10-14/h3-4,8-10,17H,5-7,11H2,1-2H3/t17-/m0/s1.